The number of aryl methyl sites for hydroxylation is 1. The van der Waals surface area contributed by atoms with Gasteiger partial charge >= 0.3 is 6.03 Å². The Bertz CT molecular complexity index is 1130. The number of aromatic nitrogens is 3. The van der Waals surface area contributed by atoms with Gasteiger partial charge in [0.15, 0.2) is 0 Å². The molecular formula is C23H27FN6O3. The summed E-state index contributed by atoms with van der Waals surface area (Å²) in [5, 5.41) is 7.14. The highest BCUT2D eigenvalue weighted by molar-refractivity contribution is 5.74. The first kappa shape index (κ1) is 22.4. The normalized spacial score (nSPS) is 13.7. The van der Waals surface area contributed by atoms with Gasteiger partial charge in [0.1, 0.15) is 35.2 Å². The molecule has 10 heteroatoms. The van der Waals surface area contributed by atoms with Crippen LogP contribution in [0.2, 0.25) is 0 Å². The van der Waals surface area contributed by atoms with Crippen molar-refractivity contribution in [3.05, 3.63) is 59.9 Å². The number of anilines is 1. The highest BCUT2D eigenvalue weighted by atomic mass is 19.1. The van der Waals surface area contributed by atoms with Crippen LogP contribution in [0.3, 0.4) is 0 Å². The third-order valence-corrected chi connectivity index (χ3v) is 5.66. The molecule has 1 N–H and O–H groups in total. The number of piperazine rings is 1. The minimum atomic E-state index is -0.405. The van der Waals surface area contributed by atoms with Crippen molar-refractivity contribution in [1.82, 2.24) is 25.0 Å². The highest BCUT2D eigenvalue weighted by Gasteiger charge is 2.23. The lowest BCUT2D eigenvalue weighted by Gasteiger charge is -2.36. The van der Waals surface area contributed by atoms with Crippen LogP contribution in [-0.4, -0.2) is 66.1 Å². The van der Waals surface area contributed by atoms with E-state index in [-0.39, 0.29) is 12.6 Å². The third-order valence-electron chi connectivity index (χ3n) is 5.66. The second-order valence-corrected chi connectivity index (χ2v) is 7.65. The van der Waals surface area contributed by atoms with Crippen molar-refractivity contribution in [1.29, 1.82) is 0 Å². The lowest BCUT2D eigenvalue weighted by Crippen LogP contribution is -2.51. The number of methoxy groups -OCH3 is 2. The Balaban J connectivity index is 1.36. The molecular weight excluding hydrogens is 427 g/mol. The van der Waals surface area contributed by atoms with Crippen LogP contribution >= 0.6 is 0 Å². The van der Waals surface area contributed by atoms with Crippen LogP contribution in [0.4, 0.5) is 14.9 Å². The number of benzene rings is 2. The van der Waals surface area contributed by atoms with E-state index in [1.807, 2.05) is 25.1 Å². The standard InChI is InChI=1S/C23H27FN6O3/c1-16-26-15-30(27-16)20-8-7-17(13-22(20)33-3)28-9-11-29(12-10-28)23(31)25-14-18-19(24)5-4-6-21(18)32-2/h4-8,13,15H,9-12,14H2,1-3H3,(H,25,31). The molecule has 1 aliphatic heterocycles. The Morgan fingerprint density at radius 3 is 2.52 bits per heavy atom. The molecule has 1 aromatic heterocycles. The molecule has 0 radical (unpaired) electrons. The second-order valence-electron chi connectivity index (χ2n) is 7.65. The first-order chi connectivity index (χ1) is 16.0. The second kappa shape index (κ2) is 9.76. The summed E-state index contributed by atoms with van der Waals surface area (Å²) in [7, 11) is 3.10. The Hall–Kier alpha value is -3.82. The van der Waals surface area contributed by atoms with Gasteiger partial charge in [-0.3, -0.25) is 0 Å². The minimum Gasteiger partial charge on any atom is -0.496 e. The van der Waals surface area contributed by atoms with E-state index in [4.69, 9.17) is 9.47 Å². The highest BCUT2D eigenvalue weighted by Crippen LogP contribution is 2.29. The average Bonchev–Trinajstić information content (AvgIpc) is 3.28. The summed E-state index contributed by atoms with van der Waals surface area (Å²) in [5.74, 6) is 1.39. The van der Waals surface area contributed by atoms with Gasteiger partial charge in [0, 0.05) is 43.5 Å². The lowest BCUT2D eigenvalue weighted by atomic mass is 10.2. The number of nitrogens with one attached hydrogen (secondary N) is 1. The van der Waals surface area contributed by atoms with E-state index in [0.717, 1.165) is 11.4 Å². The number of urea groups is 1. The van der Waals surface area contributed by atoms with Crippen molar-refractivity contribution < 1.29 is 18.7 Å². The number of carbonyl (C=O) groups excluding carboxylic acids is 1. The smallest absolute Gasteiger partial charge is 0.317 e. The maximum atomic E-state index is 14.1. The SMILES string of the molecule is COc1cc(N2CCN(C(=O)NCc3c(F)cccc3OC)CC2)ccc1-n1cnc(C)n1. The molecule has 1 saturated heterocycles. The number of hydrogen-bond acceptors (Lipinski definition) is 6. The maximum absolute atomic E-state index is 14.1. The summed E-state index contributed by atoms with van der Waals surface area (Å²) in [4.78, 5) is 20.7. The molecule has 1 aliphatic rings. The first-order valence-electron chi connectivity index (χ1n) is 10.7. The van der Waals surface area contributed by atoms with Gasteiger partial charge in [0.05, 0.1) is 20.8 Å². The van der Waals surface area contributed by atoms with E-state index in [2.05, 4.69) is 20.3 Å². The van der Waals surface area contributed by atoms with E-state index in [0.29, 0.717) is 49.1 Å². The van der Waals surface area contributed by atoms with Gasteiger partial charge in [-0.25, -0.2) is 18.9 Å². The van der Waals surface area contributed by atoms with Crippen molar-refractivity contribution >= 4 is 11.7 Å². The molecule has 2 amide bonds. The van der Waals surface area contributed by atoms with E-state index in [1.54, 1.807) is 35.2 Å². The molecule has 2 aromatic carbocycles. The molecule has 9 nitrogen and oxygen atoms in total. The van der Waals surface area contributed by atoms with Crippen molar-refractivity contribution in [2.24, 2.45) is 0 Å². The fourth-order valence-electron chi connectivity index (χ4n) is 3.86. The molecule has 0 bridgehead atoms. The fraction of sp³-hybridized carbons (Fsp3) is 0.348. The van der Waals surface area contributed by atoms with Crippen LogP contribution in [0.5, 0.6) is 11.5 Å². The fourth-order valence-corrected chi connectivity index (χ4v) is 3.86. The average molecular weight is 455 g/mol. The van der Waals surface area contributed by atoms with E-state index in [9.17, 15) is 9.18 Å². The van der Waals surface area contributed by atoms with Gasteiger partial charge in [-0.1, -0.05) is 6.07 Å². The number of hydrogen-bond donors (Lipinski definition) is 1. The Labute approximate surface area is 191 Å². The zero-order valence-corrected chi connectivity index (χ0v) is 18.9. The van der Waals surface area contributed by atoms with Crippen molar-refractivity contribution in [2.45, 2.75) is 13.5 Å². The lowest BCUT2D eigenvalue weighted by molar-refractivity contribution is 0.193. The molecule has 0 spiro atoms. The van der Waals surface area contributed by atoms with Crippen LogP contribution in [0.15, 0.2) is 42.7 Å². The number of amides is 2. The quantitative estimate of drug-likeness (QED) is 0.617. The molecule has 0 atom stereocenters. The molecule has 0 aliphatic carbocycles. The zero-order chi connectivity index (χ0) is 23.4. The number of rotatable bonds is 6. The predicted octanol–water partition coefficient (Wildman–Crippen LogP) is 2.76. The molecule has 33 heavy (non-hydrogen) atoms. The summed E-state index contributed by atoms with van der Waals surface area (Å²) in [6.45, 7) is 4.33. The number of halogens is 1. The Kier molecular flexibility index (Phi) is 6.62. The Morgan fingerprint density at radius 2 is 1.85 bits per heavy atom. The molecule has 3 aromatic rings. The molecule has 1 fully saturated rings. The third kappa shape index (κ3) is 4.84. The van der Waals surface area contributed by atoms with Gasteiger partial charge < -0.3 is 24.6 Å². The van der Waals surface area contributed by atoms with Crippen LogP contribution in [0.1, 0.15) is 11.4 Å². The van der Waals surface area contributed by atoms with E-state index >= 15 is 0 Å². The van der Waals surface area contributed by atoms with Crippen LogP contribution in [-0.2, 0) is 6.54 Å². The van der Waals surface area contributed by atoms with Crippen LogP contribution < -0.4 is 19.7 Å². The Morgan fingerprint density at radius 1 is 1.09 bits per heavy atom. The van der Waals surface area contributed by atoms with Gasteiger partial charge in [-0.2, -0.15) is 5.10 Å². The largest absolute Gasteiger partial charge is 0.496 e. The first-order valence-corrected chi connectivity index (χ1v) is 10.7. The van der Waals surface area contributed by atoms with Gasteiger partial charge in [0.25, 0.3) is 0 Å². The van der Waals surface area contributed by atoms with Gasteiger partial charge in [-0.05, 0) is 31.2 Å². The number of nitrogens with zero attached hydrogens (tertiary/aromatic N) is 5. The molecule has 0 saturated carbocycles. The minimum absolute atomic E-state index is 0.0648. The monoisotopic (exact) mass is 454 g/mol. The van der Waals surface area contributed by atoms with Gasteiger partial charge in [0.2, 0.25) is 0 Å². The summed E-state index contributed by atoms with van der Waals surface area (Å²) in [5.41, 5.74) is 2.15. The van der Waals surface area contributed by atoms with E-state index < -0.39 is 5.82 Å². The summed E-state index contributed by atoms with van der Waals surface area (Å²) in [6.07, 6.45) is 1.65. The number of carbonyl (C=O) groups is 1. The van der Waals surface area contributed by atoms with Crippen molar-refractivity contribution in [3.8, 4) is 17.2 Å². The summed E-state index contributed by atoms with van der Waals surface area (Å²) in [6, 6.07) is 10.3. The zero-order valence-electron chi connectivity index (χ0n) is 18.9. The topological polar surface area (TPSA) is 84.8 Å². The van der Waals surface area contributed by atoms with Crippen molar-refractivity contribution in [2.75, 3.05) is 45.3 Å². The molecule has 0 unspecified atom stereocenters. The van der Waals surface area contributed by atoms with E-state index in [1.165, 1.54) is 13.2 Å². The molecule has 174 valence electrons. The molecule has 2 heterocycles. The van der Waals surface area contributed by atoms with Crippen molar-refractivity contribution in [3.63, 3.8) is 0 Å². The predicted molar refractivity (Wildman–Crippen MR) is 122 cm³/mol. The molecule has 4 rings (SSSR count). The number of ether oxygens (including phenoxy) is 2. The maximum Gasteiger partial charge on any atom is 0.317 e. The summed E-state index contributed by atoms with van der Waals surface area (Å²) < 4.78 is 26.5. The van der Waals surface area contributed by atoms with Crippen LogP contribution in [0, 0.1) is 12.7 Å². The van der Waals surface area contributed by atoms with Crippen LogP contribution in [0.25, 0.3) is 5.69 Å². The van der Waals surface area contributed by atoms with Gasteiger partial charge in [-0.15, -0.1) is 0 Å². The summed E-state index contributed by atoms with van der Waals surface area (Å²) >= 11 is 0.